The summed E-state index contributed by atoms with van der Waals surface area (Å²) in [5, 5.41) is 4.55. The zero-order valence-electron chi connectivity index (χ0n) is 9.33. The van der Waals surface area contributed by atoms with Gasteiger partial charge in [0.15, 0.2) is 0 Å². The molecule has 2 aromatic rings. The third-order valence-corrected chi connectivity index (χ3v) is 3.54. The smallest absolute Gasteiger partial charge is 0.143 e. The molecule has 0 saturated carbocycles. The Labute approximate surface area is 124 Å². The molecule has 0 bridgehead atoms. The molecule has 0 spiro atoms. The monoisotopic (exact) mass is 345 g/mol. The van der Waals surface area contributed by atoms with E-state index in [1.807, 2.05) is 12.1 Å². The largest absolute Gasteiger partial charge is 0.369 e. The minimum absolute atomic E-state index is 0.648. The number of hydrogen-bond donors (Lipinski definition) is 1. The van der Waals surface area contributed by atoms with Gasteiger partial charge in [-0.05, 0) is 40.0 Å². The van der Waals surface area contributed by atoms with E-state index < -0.39 is 0 Å². The molecule has 0 fully saturated rings. The molecule has 0 amide bonds. The van der Waals surface area contributed by atoms with Crippen LogP contribution in [0.25, 0.3) is 0 Å². The van der Waals surface area contributed by atoms with E-state index in [1.165, 1.54) is 6.33 Å². The fourth-order valence-corrected chi connectivity index (χ4v) is 2.35. The second-order valence-electron chi connectivity index (χ2n) is 3.63. The van der Waals surface area contributed by atoms with Gasteiger partial charge in [0, 0.05) is 22.8 Å². The predicted octanol–water partition coefficient (Wildman–Crippen LogP) is 4.20. The summed E-state index contributed by atoms with van der Waals surface area (Å²) in [6.07, 6.45) is 4.00. The predicted molar refractivity (Wildman–Crippen MR) is 78.4 cm³/mol. The van der Waals surface area contributed by atoms with Crippen LogP contribution >= 0.6 is 39.1 Å². The first kappa shape index (κ1) is 13.6. The molecule has 0 aliphatic rings. The van der Waals surface area contributed by atoms with E-state index in [9.17, 15) is 0 Å². The average Bonchev–Trinajstić information content (AvgIpc) is 2.34. The van der Waals surface area contributed by atoms with Crippen LogP contribution in [0.3, 0.4) is 0 Å². The van der Waals surface area contributed by atoms with E-state index in [2.05, 4.69) is 31.2 Å². The average molecular weight is 347 g/mol. The van der Waals surface area contributed by atoms with Gasteiger partial charge < -0.3 is 5.32 Å². The maximum atomic E-state index is 6.10. The van der Waals surface area contributed by atoms with Crippen molar-refractivity contribution in [2.24, 2.45) is 0 Å². The van der Waals surface area contributed by atoms with Gasteiger partial charge in [0.1, 0.15) is 12.1 Å². The quantitative estimate of drug-likeness (QED) is 0.901. The van der Waals surface area contributed by atoms with Gasteiger partial charge in [-0.25, -0.2) is 9.97 Å². The summed E-state index contributed by atoms with van der Waals surface area (Å²) in [6.45, 7) is 0.733. The zero-order valence-corrected chi connectivity index (χ0v) is 12.4. The first-order chi connectivity index (χ1) is 8.66. The highest BCUT2D eigenvalue weighted by molar-refractivity contribution is 9.10. The highest BCUT2D eigenvalue weighted by atomic mass is 79.9. The van der Waals surface area contributed by atoms with Crippen molar-refractivity contribution >= 4 is 44.9 Å². The summed E-state index contributed by atoms with van der Waals surface area (Å²) in [6, 6.07) is 5.52. The standard InChI is InChI=1S/C12H10BrCl2N3/c13-10-6-16-7-18-12(10)17-4-3-8-1-2-9(14)5-11(8)15/h1-2,5-7H,3-4H2,(H,16,17,18). The van der Waals surface area contributed by atoms with E-state index in [0.717, 1.165) is 28.8 Å². The molecule has 6 heteroatoms. The maximum Gasteiger partial charge on any atom is 0.143 e. The molecule has 0 unspecified atom stereocenters. The Morgan fingerprint density at radius 3 is 2.83 bits per heavy atom. The van der Waals surface area contributed by atoms with Gasteiger partial charge in [0.05, 0.1) is 4.47 Å². The first-order valence-corrected chi connectivity index (χ1v) is 6.85. The van der Waals surface area contributed by atoms with Crippen LogP contribution in [0.1, 0.15) is 5.56 Å². The van der Waals surface area contributed by atoms with Crippen molar-refractivity contribution in [2.75, 3.05) is 11.9 Å². The summed E-state index contributed by atoms with van der Waals surface area (Å²) in [7, 11) is 0. The van der Waals surface area contributed by atoms with Gasteiger partial charge in [-0.15, -0.1) is 0 Å². The Hall–Kier alpha value is -0.840. The van der Waals surface area contributed by atoms with Crippen molar-refractivity contribution < 1.29 is 0 Å². The van der Waals surface area contributed by atoms with Crippen LogP contribution in [0.15, 0.2) is 35.2 Å². The lowest BCUT2D eigenvalue weighted by Crippen LogP contribution is -2.07. The van der Waals surface area contributed by atoms with E-state index in [1.54, 1.807) is 12.3 Å². The maximum absolute atomic E-state index is 6.10. The minimum atomic E-state index is 0.648. The summed E-state index contributed by atoms with van der Waals surface area (Å²) in [5.74, 6) is 0.773. The highest BCUT2D eigenvalue weighted by Crippen LogP contribution is 2.22. The number of nitrogens with one attached hydrogen (secondary N) is 1. The van der Waals surface area contributed by atoms with Crippen LogP contribution in [0.4, 0.5) is 5.82 Å². The van der Waals surface area contributed by atoms with Crippen LogP contribution < -0.4 is 5.32 Å². The van der Waals surface area contributed by atoms with Crippen molar-refractivity contribution in [1.29, 1.82) is 0 Å². The first-order valence-electron chi connectivity index (χ1n) is 5.30. The van der Waals surface area contributed by atoms with E-state index in [-0.39, 0.29) is 0 Å². The van der Waals surface area contributed by atoms with Crippen molar-refractivity contribution in [1.82, 2.24) is 9.97 Å². The summed E-state index contributed by atoms with van der Waals surface area (Å²) in [4.78, 5) is 8.02. The molecule has 18 heavy (non-hydrogen) atoms. The highest BCUT2D eigenvalue weighted by Gasteiger charge is 2.03. The number of rotatable bonds is 4. The third kappa shape index (κ3) is 3.57. The van der Waals surface area contributed by atoms with Gasteiger partial charge in [-0.2, -0.15) is 0 Å². The Bertz CT molecular complexity index is 549. The number of halogens is 3. The van der Waals surface area contributed by atoms with Crippen molar-refractivity contribution in [3.05, 3.63) is 50.8 Å². The number of anilines is 1. The number of aromatic nitrogens is 2. The van der Waals surface area contributed by atoms with Gasteiger partial charge in [0.2, 0.25) is 0 Å². The molecule has 0 aliphatic carbocycles. The number of benzene rings is 1. The summed E-state index contributed by atoms with van der Waals surface area (Å²) >= 11 is 15.3. The lowest BCUT2D eigenvalue weighted by atomic mass is 10.1. The summed E-state index contributed by atoms with van der Waals surface area (Å²) in [5.41, 5.74) is 1.05. The SMILES string of the molecule is Clc1ccc(CCNc2ncncc2Br)c(Cl)c1. The van der Waals surface area contributed by atoms with Crippen molar-refractivity contribution in [3.8, 4) is 0 Å². The fourth-order valence-electron chi connectivity index (χ4n) is 1.48. The molecule has 1 aromatic carbocycles. The molecule has 94 valence electrons. The van der Waals surface area contributed by atoms with E-state index in [0.29, 0.717) is 10.0 Å². The van der Waals surface area contributed by atoms with Gasteiger partial charge >= 0.3 is 0 Å². The molecule has 1 aromatic heterocycles. The van der Waals surface area contributed by atoms with Gasteiger partial charge in [0.25, 0.3) is 0 Å². The fraction of sp³-hybridized carbons (Fsp3) is 0.167. The van der Waals surface area contributed by atoms with Crippen LogP contribution in [-0.2, 0) is 6.42 Å². The van der Waals surface area contributed by atoms with Crippen molar-refractivity contribution in [2.45, 2.75) is 6.42 Å². The Kier molecular flexibility index (Phi) is 4.80. The minimum Gasteiger partial charge on any atom is -0.369 e. The molecular formula is C12H10BrCl2N3. The molecule has 0 aliphatic heterocycles. The van der Waals surface area contributed by atoms with Crippen LogP contribution in [0.5, 0.6) is 0 Å². The molecule has 0 atom stereocenters. The zero-order chi connectivity index (χ0) is 13.0. The summed E-state index contributed by atoms with van der Waals surface area (Å²) < 4.78 is 0.840. The Morgan fingerprint density at radius 2 is 2.11 bits per heavy atom. The van der Waals surface area contributed by atoms with Crippen LogP contribution in [0, 0.1) is 0 Å². The Morgan fingerprint density at radius 1 is 1.28 bits per heavy atom. The second-order valence-corrected chi connectivity index (χ2v) is 5.33. The molecule has 0 radical (unpaired) electrons. The van der Waals surface area contributed by atoms with Crippen LogP contribution in [-0.4, -0.2) is 16.5 Å². The molecule has 3 nitrogen and oxygen atoms in total. The topological polar surface area (TPSA) is 37.8 Å². The van der Waals surface area contributed by atoms with Gasteiger partial charge in [-0.3, -0.25) is 0 Å². The normalized spacial score (nSPS) is 10.4. The number of nitrogens with zero attached hydrogens (tertiary/aromatic N) is 2. The molecule has 2 rings (SSSR count). The molecule has 0 saturated heterocycles. The third-order valence-electron chi connectivity index (χ3n) is 2.37. The number of hydrogen-bond acceptors (Lipinski definition) is 3. The van der Waals surface area contributed by atoms with Gasteiger partial charge in [-0.1, -0.05) is 29.3 Å². The molecule has 1 N–H and O–H groups in total. The lowest BCUT2D eigenvalue weighted by Gasteiger charge is -2.08. The Balaban J connectivity index is 1.95. The van der Waals surface area contributed by atoms with Crippen LogP contribution in [0.2, 0.25) is 10.0 Å². The lowest BCUT2D eigenvalue weighted by molar-refractivity contribution is 0.996. The van der Waals surface area contributed by atoms with E-state index in [4.69, 9.17) is 23.2 Å². The van der Waals surface area contributed by atoms with Crippen molar-refractivity contribution in [3.63, 3.8) is 0 Å². The second kappa shape index (κ2) is 6.36. The molecule has 1 heterocycles. The van der Waals surface area contributed by atoms with E-state index >= 15 is 0 Å². The molecular weight excluding hydrogens is 337 g/mol.